The predicted molar refractivity (Wildman–Crippen MR) is 81.6 cm³/mol. The van der Waals surface area contributed by atoms with E-state index in [2.05, 4.69) is 10.3 Å². The highest BCUT2D eigenvalue weighted by atomic mass is 16.5. The summed E-state index contributed by atoms with van der Waals surface area (Å²) < 4.78 is 6.79. The number of nitrogens with zero attached hydrogens (tertiary/aromatic N) is 2. The van der Waals surface area contributed by atoms with Crippen molar-refractivity contribution >= 4 is 11.6 Å². The van der Waals surface area contributed by atoms with Gasteiger partial charge < -0.3 is 20.4 Å². The van der Waals surface area contributed by atoms with Crippen LogP contribution in [-0.4, -0.2) is 35.2 Å². The second kappa shape index (κ2) is 6.90. The van der Waals surface area contributed by atoms with Crippen LogP contribution >= 0.6 is 0 Å². The maximum absolute atomic E-state index is 12.0. The number of carbonyl (C=O) groups is 1. The molecule has 0 spiro atoms. The molecule has 1 aromatic heterocycles. The molecule has 1 unspecified atom stereocenters. The number of ether oxygens (including phenoxy) is 1. The molecule has 1 atom stereocenters. The molecular formula is C15H20N4O2. The zero-order chi connectivity index (χ0) is 15.2. The Balaban J connectivity index is 2.09. The number of amides is 1. The van der Waals surface area contributed by atoms with Crippen LogP contribution in [0.4, 0.5) is 5.69 Å². The molecule has 3 N–H and O–H groups in total. The molecule has 1 heterocycles. The van der Waals surface area contributed by atoms with Gasteiger partial charge in [0.05, 0.1) is 6.61 Å². The van der Waals surface area contributed by atoms with Crippen molar-refractivity contribution in [2.24, 2.45) is 0 Å². The number of nitrogens with two attached hydrogens (primary N) is 1. The van der Waals surface area contributed by atoms with E-state index in [1.807, 2.05) is 31.2 Å². The fraction of sp³-hybridized carbons (Fsp3) is 0.333. The first-order chi connectivity index (χ1) is 10.1. The highest BCUT2D eigenvalue weighted by molar-refractivity contribution is 5.77. The molecule has 0 aliphatic rings. The summed E-state index contributed by atoms with van der Waals surface area (Å²) in [6.07, 6.45) is 3.45. The van der Waals surface area contributed by atoms with Crippen LogP contribution in [0.2, 0.25) is 0 Å². The molecule has 1 aromatic carbocycles. The van der Waals surface area contributed by atoms with Crippen LogP contribution in [0.5, 0.6) is 0 Å². The summed E-state index contributed by atoms with van der Waals surface area (Å²) in [7, 11) is 1.61. The number of nitrogen functional groups attached to an aromatic ring is 1. The van der Waals surface area contributed by atoms with Crippen LogP contribution in [0.1, 0.15) is 6.92 Å². The van der Waals surface area contributed by atoms with Gasteiger partial charge >= 0.3 is 0 Å². The predicted octanol–water partition coefficient (Wildman–Crippen LogP) is 1.28. The molecule has 1 amide bonds. The van der Waals surface area contributed by atoms with E-state index in [9.17, 15) is 4.79 Å². The van der Waals surface area contributed by atoms with E-state index in [1.54, 1.807) is 24.1 Å². The summed E-state index contributed by atoms with van der Waals surface area (Å²) in [5, 5.41) is 2.87. The average Bonchev–Trinajstić information content (AvgIpc) is 2.86. The van der Waals surface area contributed by atoms with Gasteiger partial charge in [-0.1, -0.05) is 12.1 Å². The number of methoxy groups -OCH3 is 1. The molecule has 0 bridgehead atoms. The first-order valence-corrected chi connectivity index (χ1v) is 6.75. The van der Waals surface area contributed by atoms with Crippen molar-refractivity contribution in [1.29, 1.82) is 0 Å². The summed E-state index contributed by atoms with van der Waals surface area (Å²) in [4.78, 5) is 16.3. The largest absolute Gasteiger partial charge is 0.399 e. The summed E-state index contributed by atoms with van der Waals surface area (Å²) in [5.41, 5.74) is 7.34. The van der Waals surface area contributed by atoms with Crippen molar-refractivity contribution in [2.45, 2.75) is 19.5 Å². The molecule has 6 nitrogen and oxygen atoms in total. The number of nitrogens with one attached hydrogen (secondary N) is 1. The molecule has 0 saturated heterocycles. The summed E-state index contributed by atoms with van der Waals surface area (Å²) in [5.74, 6) is 0.638. The van der Waals surface area contributed by atoms with Gasteiger partial charge in [-0.25, -0.2) is 4.98 Å². The van der Waals surface area contributed by atoms with Crippen molar-refractivity contribution < 1.29 is 9.53 Å². The van der Waals surface area contributed by atoms with Crippen LogP contribution in [-0.2, 0) is 16.1 Å². The number of rotatable bonds is 6. The van der Waals surface area contributed by atoms with E-state index in [0.29, 0.717) is 12.3 Å². The maximum atomic E-state index is 12.0. The summed E-state index contributed by atoms with van der Waals surface area (Å²) >= 11 is 0. The highest BCUT2D eigenvalue weighted by Crippen LogP contribution is 2.19. The van der Waals surface area contributed by atoms with E-state index >= 15 is 0 Å². The Hall–Kier alpha value is -2.34. The van der Waals surface area contributed by atoms with Gasteiger partial charge in [0.25, 0.3) is 0 Å². The number of imidazole rings is 1. The van der Waals surface area contributed by atoms with E-state index in [4.69, 9.17) is 10.5 Å². The third-order valence-electron chi connectivity index (χ3n) is 3.00. The van der Waals surface area contributed by atoms with Crippen molar-refractivity contribution in [3.63, 3.8) is 0 Å². The SMILES string of the molecule is COCC(C)NC(=O)Cn1ccnc1-c1cccc(N)c1. The standard InChI is InChI=1S/C15H20N4O2/c1-11(10-21-2)18-14(20)9-19-7-6-17-15(19)12-4-3-5-13(16)8-12/h3-8,11H,9-10,16H2,1-2H3,(H,18,20). The van der Waals surface area contributed by atoms with E-state index in [-0.39, 0.29) is 18.5 Å². The molecule has 0 radical (unpaired) electrons. The van der Waals surface area contributed by atoms with Gasteiger partial charge in [-0.3, -0.25) is 4.79 Å². The van der Waals surface area contributed by atoms with Gasteiger partial charge in [-0.2, -0.15) is 0 Å². The zero-order valence-corrected chi connectivity index (χ0v) is 12.2. The highest BCUT2D eigenvalue weighted by Gasteiger charge is 2.11. The van der Waals surface area contributed by atoms with Gasteiger partial charge in [0.1, 0.15) is 12.4 Å². The molecule has 0 fully saturated rings. The second-order valence-corrected chi connectivity index (χ2v) is 4.93. The van der Waals surface area contributed by atoms with Crippen molar-refractivity contribution in [2.75, 3.05) is 19.5 Å². The van der Waals surface area contributed by atoms with Crippen LogP contribution in [0.25, 0.3) is 11.4 Å². The minimum atomic E-state index is -0.0808. The van der Waals surface area contributed by atoms with Crippen LogP contribution < -0.4 is 11.1 Å². The maximum Gasteiger partial charge on any atom is 0.240 e. The third kappa shape index (κ3) is 4.06. The van der Waals surface area contributed by atoms with Crippen LogP contribution in [0.15, 0.2) is 36.7 Å². The molecule has 112 valence electrons. The first kappa shape index (κ1) is 15.1. The van der Waals surface area contributed by atoms with Gasteiger partial charge in [0.2, 0.25) is 5.91 Å². The zero-order valence-electron chi connectivity index (χ0n) is 12.2. The Morgan fingerprint density at radius 1 is 1.52 bits per heavy atom. The molecule has 0 saturated carbocycles. The van der Waals surface area contributed by atoms with Gasteiger partial charge in [-0.05, 0) is 19.1 Å². The molecule has 2 rings (SSSR count). The molecular weight excluding hydrogens is 268 g/mol. The number of hydrogen-bond donors (Lipinski definition) is 2. The van der Waals surface area contributed by atoms with E-state index in [0.717, 1.165) is 11.4 Å². The van der Waals surface area contributed by atoms with Gasteiger partial charge in [0.15, 0.2) is 0 Å². The number of aromatic nitrogens is 2. The van der Waals surface area contributed by atoms with Crippen molar-refractivity contribution in [1.82, 2.24) is 14.9 Å². The number of anilines is 1. The van der Waals surface area contributed by atoms with Crippen molar-refractivity contribution in [3.8, 4) is 11.4 Å². The Morgan fingerprint density at radius 2 is 2.33 bits per heavy atom. The minimum Gasteiger partial charge on any atom is -0.399 e. The summed E-state index contributed by atoms with van der Waals surface area (Å²) in [6, 6.07) is 7.41. The Kier molecular flexibility index (Phi) is 4.94. The first-order valence-electron chi connectivity index (χ1n) is 6.75. The van der Waals surface area contributed by atoms with Gasteiger partial charge in [0, 0.05) is 36.8 Å². The fourth-order valence-corrected chi connectivity index (χ4v) is 2.14. The lowest BCUT2D eigenvalue weighted by atomic mass is 10.2. The molecule has 6 heteroatoms. The molecule has 0 aliphatic heterocycles. The smallest absolute Gasteiger partial charge is 0.240 e. The monoisotopic (exact) mass is 288 g/mol. The number of benzene rings is 1. The number of hydrogen-bond acceptors (Lipinski definition) is 4. The normalized spacial score (nSPS) is 12.1. The Morgan fingerprint density at radius 3 is 3.05 bits per heavy atom. The van der Waals surface area contributed by atoms with Crippen molar-refractivity contribution in [3.05, 3.63) is 36.7 Å². The topological polar surface area (TPSA) is 82.2 Å². The Labute approximate surface area is 123 Å². The molecule has 2 aromatic rings. The van der Waals surface area contributed by atoms with E-state index < -0.39 is 0 Å². The lowest BCUT2D eigenvalue weighted by Gasteiger charge is -2.14. The van der Waals surface area contributed by atoms with E-state index in [1.165, 1.54) is 0 Å². The quantitative estimate of drug-likeness (QED) is 0.785. The van der Waals surface area contributed by atoms with Gasteiger partial charge in [-0.15, -0.1) is 0 Å². The third-order valence-corrected chi connectivity index (χ3v) is 3.00. The summed E-state index contributed by atoms with van der Waals surface area (Å²) in [6.45, 7) is 2.59. The lowest BCUT2D eigenvalue weighted by molar-refractivity contribution is -0.122. The molecule has 21 heavy (non-hydrogen) atoms. The van der Waals surface area contributed by atoms with Crippen LogP contribution in [0, 0.1) is 0 Å². The minimum absolute atomic E-state index is 0.0261. The lowest BCUT2D eigenvalue weighted by Crippen LogP contribution is -2.37. The fourth-order valence-electron chi connectivity index (χ4n) is 2.14. The van der Waals surface area contributed by atoms with Crippen LogP contribution in [0.3, 0.4) is 0 Å². The number of carbonyl (C=O) groups excluding carboxylic acids is 1. The Bertz CT molecular complexity index is 609. The molecule has 0 aliphatic carbocycles. The second-order valence-electron chi connectivity index (χ2n) is 4.93. The average molecular weight is 288 g/mol.